The maximum Gasteiger partial charge on any atom is 0.231 e. The van der Waals surface area contributed by atoms with E-state index in [2.05, 4.69) is 5.32 Å². The third-order valence-corrected chi connectivity index (χ3v) is 4.30. The predicted octanol–water partition coefficient (Wildman–Crippen LogP) is 3.19. The molecule has 1 heterocycles. The highest BCUT2D eigenvalue weighted by Gasteiger charge is 2.16. The van der Waals surface area contributed by atoms with Crippen LogP contribution in [0.4, 0.5) is 10.1 Å². The van der Waals surface area contributed by atoms with Gasteiger partial charge < -0.3 is 20.5 Å². The van der Waals surface area contributed by atoms with Crippen LogP contribution in [0.5, 0.6) is 11.5 Å². The van der Waals surface area contributed by atoms with Gasteiger partial charge >= 0.3 is 0 Å². The molecule has 1 aliphatic rings. The second kappa shape index (κ2) is 7.29. The van der Waals surface area contributed by atoms with Crippen molar-refractivity contribution in [1.29, 1.82) is 0 Å². The topological polar surface area (TPSA) is 73.6 Å². The van der Waals surface area contributed by atoms with Crippen LogP contribution in [0.1, 0.15) is 22.8 Å². The van der Waals surface area contributed by atoms with Gasteiger partial charge in [0, 0.05) is 11.6 Å². The normalized spacial score (nSPS) is 13.7. The van der Waals surface area contributed by atoms with Crippen LogP contribution in [0.15, 0.2) is 30.3 Å². The number of ketones is 1. The third-order valence-electron chi connectivity index (χ3n) is 3.99. The van der Waals surface area contributed by atoms with Crippen LogP contribution >= 0.6 is 11.6 Å². The quantitative estimate of drug-likeness (QED) is 0.608. The first kappa shape index (κ1) is 17.5. The van der Waals surface area contributed by atoms with E-state index < -0.39 is 5.82 Å². The Labute approximate surface area is 149 Å². The van der Waals surface area contributed by atoms with Gasteiger partial charge in [-0.3, -0.25) is 4.79 Å². The molecule has 0 saturated carbocycles. The summed E-state index contributed by atoms with van der Waals surface area (Å²) in [6.07, 6.45) is 0.709. The van der Waals surface area contributed by atoms with E-state index in [1.807, 2.05) is 25.1 Å². The van der Waals surface area contributed by atoms with E-state index in [1.165, 1.54) is 6.07 Å². The number of ether oxygens (including phenoxy) is 2. The molecule has 7 heteroatoms. The molecule has 0 bridgehead atoms. The number of carbonyl (C=O) groups excluding carboxylic acids is 1. The summed E-state index contributed by atoms with van der Waals surface area (Å²) in [5.74, 6) is 0.525. The fourth-order valence-electron chi connectivity index (χ4n) is 2.61. The zero-order valence-corrected chi connectivity index (χ0v) is 14.4. The first-order valence-corrected chi connectivity index (χ1v) is 8.21. The van der Waals surface area contributed by atoms with E-state index in [4.69, 9.17) is 26.8 Å². The number of Topliss-reactive ketones (excluding diaryl/α,β-unsaturated/α-hetero) is 1. The van der Waals surface area contributed by atoms with Crippen molar-refractivity contribution in [3.8, 4) is 11.5 Å². The van der Waals surface area contributed by atoms with Gasteiger partial charge in [-0.2, -0.15) is 0 Å². The van der Waals surface area contributed by atoms with Crippen LogP contribution in [0.3, 0.4) is 0 Å². The first-order chi connectivity index (χ1) is 11.9. The van der Waals surface area contributed by atoms with E-state index in [1.54, 1.807) is 0 Å². The standard InChI is InChI=1S/C18H18ClFN2O3/c1-10(4-11-2-3-16-17(5-11)25-9-24-16)22-8-15(23)12-6-13(19)18(21)14(20)7-12/h2-3,5-7,10,22H,4,8-9,21H2,1H3. The van der Waals surface area contributed by atoms with E-state index in [9.17, 15) is 9.18 Å². The first-order valence-electron chi connectivity index (χ1n) is 7.83. The molecule has 132 valence electrons. The van der Waals surface area contributed by atoms with Gasteiger partial charge in [0.25, 0.3) is 0 Å². The van der Waals surface area contributed by atoms with Crippen LogP contribution in [0.2, 0.25) is 5.02 Å². The molecule has 2 aromatic carbocycles. The molecule has 0 radical (unpaired) electrons. The number of benzene rings is 2. The lowest BCUT2D eigenvalue weighted by atomic mass is 10.1. The average molecular weight is 365 g/mol. The Morgan fingerprint density at radius 2 is 2.08 bits per heavy atom. The molecular formula is C18H18ClFN2O3. The molecule has 5 nitrogen and oxygen atoms in total. The van der Waals surface area contributed by atoms with Gasteiger partial charge in [0.05, 0.1) is 17.3 Å². The van der Waals surface area contributed by atoms with Gasteiger partial charge in [-0.05, 0) is 43.2 Å². The molecule has 1 atom stereocenters. The summed E-state index contributed by atoms with van der Waals surface area (Å²) in [7, 11) is 0. The van der Waals surface area contributed by atoms with Crippen molar-refractivity contribution in [3.63, 3.8) is 0 Å². The summed E-state index contributed by atoms with van der Waals surface area (Å²) >= 11 is 5.82. The van der Waals surface area contributed by atoms with Crippen molar-refractivity contribution in [2.24, 2.45) is 0 Å². The van der Waals surface area contributed by atoms with Gasteiger partial charge in [-0.1, -0.05) is 17.7 Å². The van der Waals surface area contributed by atoms with Crippen LogP contribution < -0.4 is 20.5 Å². The van der Waals surface area contributed by atoms with Crippen LogP contribution in [0, 0.1) is 5.82 Å². The number of carbonyl (C=O) groups is 1. The molecule has 2 aromatic rings. The molecule has 1 aliphatic heterocycles. The predicted molar refractivity (Wildman–Crippen MR) is 93.9 cm³/mol. The SMILES string of the molecule is CC(Cc1ccc2c(c1)OCO2)NCC(=O)c1cc(F)c(N)c(Cl)c1. The van der Waals surface area contributed by atoms with Crippen molar-refractivity contribution in [2.45, 2.75) is 19.4 Å². The van der Waals surface area contributed by atoms with Gasteiger partial charge in [0.2, 0.25) is 6.79 Å². The summed E-state index contributed by atoms with van der Waals surface area (Å²) in [6.45, 7) is 2.28. The lowest BCUT2D eigenvalue weighted by Gasteiger charge is -2.14. The monoisotopic (exact) mass is 364 g/mol. The van der Waals surface area contributed by atoms with Crippen molar-refractivity contribution in [3.05, 3.63) is 52.3 Å². The Balaban J connectivity index is 1.57. The summed E-state index contributed by atoms with van der Waals surface area (Å²) in [4.78, 5) is 12.2. The van der Waals surface area contributed by atoms with Crippen molar-refractivity contribution >= 4 is 23.1 Å². The molecule has 0 fully saturated rings. The number of hydrogen-bond donors (Lipinski definition) is 2. The number of hydrogen-bond acceptors (Lipinski definition) is 5. The summed E-state index contributed by atoms with van der Waals surface area (Å²) in [5.41, 5.74) is 6.56. The van der Waals surface area contributed by atoms with Crippen molar-refractivity contribution in [2.75, 3.05) is 19.1 Å². The Morgan fingerprint density at radius 1 is 1.32 bits per heavy atom. The Morgan fingerprint density at radius 3 is 2.84 bits per heavy atom. The summed E-state index contributed by atoms with van der Waals surface area (Å²) < 4.78 is 24.2. The third kappa shape index (κ3) is 4.03. The molecule has 3 N–H and O–H groups in total. The van der Waals surface area contributed by atoms with Crippen molar-refractivity contribution in [1.82, 2.24) is 5.32 Å². The highest BCUT2D eigenvalue weighted by molar-refractivity contribution is 6.33. The van der Waals surface area contributed by atoms with Gasteiger partial charge in [-0.25, -0.2) is 4.39 Å². The largest absolute Gasteiger partial charge is 0.454 e. The molecule has 3 rings (SSSR count). The second-order valence-electron chi connectivity index (χ2n) is 5.95. The van der Waals surface area contributed by atoms with Crippen LogP contribution in [0.25, 0.3) is 0 Å². The number of rotatable bonds is 6. The minimum atomic E-state index is -0.691. The lowest BCUT2D eigenvalue weighted by Crippen LogP contribution is -2.33. The van der Waals surface area contributed by atoms with Crippen LogP contribution in [-0.2, 0) is 6.42 Å². The number of halogens is 2. The zero-order valence-electron chi connectivity index (χ0n) is 13.6. The second-order valence-corrected chi connectivity index (χ2v) is 6.36. The molecule has 1 unspecified atom stereocenters. The molecule has 0 aliphatic carbocycles. The van der Waals surface area contributed by atoms with E-state index in [0.29, 0.717) is 6.42 Å². The van der Waals surface area contributed by atoms with Gasteiger partial charge in [-0.15, -0.1) is 0 Å². The van der Waals surface area contributed by atoms with Crippen molar-refractivity contribution < 1.29 is 18.7 Å². The minimum absolute atomic E-state index is 0.0387. The Kier molecular flexibility index (Phi) is 5.11. The molecule has 25 heavy (non-hydrogen) atoms. The maximum absolute atomic E-state index is 13.6. The lowest BCUT2D eigenvalue weighted by molar-refractivity contribution is 0.0987. The highest BCUT2D eigenvalue weighted by atomic mass is 35.5. The molecular weight excluding hydrogens is 347 g/mol. The van der Waals surface area contributed by atoms with E-state index in [0.717, 1.165) is 23.1 Å². The molecule has 0 saturated heterocycles. The maximum atomic E-state index is 13.6. The Hall–Kier alpha value is -2.31. The summed E-state index contributed by atoms with van der Waals surface area (Å²) in [6, 6.07) is 8.29. The summed E-state index contributed by atoms with van der Waals surface area (Å²) in [5, 5.41) is 3.17. The number of nitrogens with two attached hydrogens (primary N) is 1. The van der Waals surface area contributed by atoms with E-state index in [-0.39, 0.29) is 41.4 Å². The number of anilines is 1. The van der Waals surface area contributed by atoms with Gasteiger partial charge in [0.1, 0.15) is 5.82 Å². The number of nitrogens with one attached hydrogen (secondary N) is 1. The molecule has 0 aromatic heterocycles. The number of fused-ring (bicyclic) bond motifs is 1. The zero-order chi connectivity index (χ0) is 18.0. The fraction of sp³-hybridized carbons (Fsp3) is 0.278. The van der Waals surface area contributed by atoms with Crippen LogP contribution in [-0.4, -0.2) is 25.2 Å². The highest BCUT2D eigenvalue weighted by Crippen LogP contribution is 2.32. The molecule has 0 amide bonds. The number of nitrogen functional groups attached to an aromatic ring is 1. The van der Waals surface area contributed by atoms with E-state index >= 15 is 0 Å². The Bertz CT molecular complexity index is 790. The molecule has 0 spiro atoms. The van der Waals surface area contributed by atoms with Gasteiger partial charge in [0.15, 0.2) is 17.3 Å². The smallest absolute Gasteiger partial charge is 0.231 e. The average Bonchev–Trinajstić information content (AvgIpc) is 3.04. The fourth-order valence-corrected chi connectivity index (χ4v) is 2.82. The minimum Gasteiger partial charge on any atom is -0.454 e.